The topological polar surface area (TPSA) is 31.2 Å². The van der Waals surface area contributed by atoms with Crippen molar-refractivity contribution in [3.05, 3.63) is 0 Å². The Labute approximate surface area is 113 Å². The number of hydrogen-bond donors (Lipinski definition) is 0. The fraction of sp³-hybridized carbons (Fsp3) is 1.00. The van der Waals surface area contributed by atoms with Crippen LogP contribution in [0.3, 0.4) is 0 Å². The van der Waals surface area contributed by atoms with Gasteiger partial charge < -0.3 is 0 Å². The molecule has 104 valence electrons. The van der Waals surface area contributed by atoms with E-state index in [0.29, 0.717) is 0 Å². The largest absolute Gasteiger partial charge is 0.418 e. The normalized spacial score (nSPS) is 16.9. The quantitative estimate of drug-likeness (QED) is 0.555. The van der Waals surface area contributed by atoms with Gasteiger partial charge in [0.15, 0.2) is 0 Å². The summed E-state index contributed by atoms with van der Waals surface area (Å²) in [5.74, 6) is 0. The first-order valence-electron chi connectivity index (χ1n) is 7.15. The van der Waals surface area contributed by atoms with Crippen molar-refractivity contribution in [2.45, 2.75) is 78.6 Å². The Morgan fingerprint density at radius 3 is 2.00 bits per heavy atom. The van der Waals surface area contributed by atoms with Gasteiger partial charge in [-0.2, -0.15) is 0 Å². The van der Waals surface area contributed by atoms with Crippen molar-refractivity contribution in [2.75, 3.05) is 6.54 Å². The van der Waals surface area contributed by atoms with E-state index in [2.05, 4.69) is 68.8 Å². The molecule has 0 aromatic rings. The Kier molecular flexibility index (Phi) is 4.68. The predicted octanol–water partition coefficient (Wildman–Crippen LogP) is 4.16. The second kappa shape index (κ2) is 5.49. The van der Waals surface area contributed by atoms with Crippen LogP contribution in [0.15, 0.2) is 10.4 Å². The van der Waals surface area contributed by atoms with E-state index in [4.69, 9.17) is 0 Å². The van der Waals surface area contributed by atoms with E-state index < -0.39 is 0 Å². The summed E-state index contributed by atoms with van der Waals surface area (Å²) in [6, 6.07) is 0. The lowest BCUT2D eigenvalue weighted by atomic mass is 9.51. The molecule has 4 nitrogen and oxygen atoms in total. The van der Waals surface area contributed by atoms with Gasteiger partial charge in [0.25, 0.3) is 0 Å². The standard InChI is InChI=1S/C13H29BN4/c1-8-9-10-11-17-14(12(2,3)4)18(16-15-17)13(5,6)7/h8-11H2,1-7H3. The fourth-order valence-corrected chi connectivity index (χ4v) is 2.32. The molecule has 0 saturated carbocycles. The van der Waals surface area contributed by atoms with E-state index in [9.17, 15) is 0 Å². The van der Waals surface area contributed by atoms with Crippen LogP contribution in [0, 0.1) is 0 Å². The lowest BCUT2D eigenvalue weighted by molar-refractivity contribution is 0.244. The van der Waals surface area contributed by atoms with Crippen molar-refractivity contribution in [1.29, 1.82) is 0 Å². The number of hydrogen-bond acceptors (Lipinski definition) is 4. The third-order valence-electron chi connectivity index (χ3n) is 3.22. The second-order valence-electron chi connectivity index (χ2n) is 7.30. The van der Waals surface area contributed by atoms with Crippen molar-refractivity contribution in [1.82, 2.24) is 9.84 Å². The molecular weight excluding hydrogens is 223 g/mol. The van der Waals surface area contributed by atoms with Gasteiger partial charge in [-0.05, 0) is 32.5 Å². The maximum Gasteiger partial charge on any atom is 0.418 e. The molecule has 0 unspecified atom stereocenters. The van der Waals surface area contributed by atoms with Gasteiger partial charge in [0.1, 0.15) is 0 Å². The minimum atomic E-state index is 0.0148. The van der Waals surface area contributed by atoms with Gasteiger partial charge in [-0.1, -0.05) is 51.0 Å². The van der Waals surface area contributed by atoms with Gasteiger partial charge in [-0.25, -0.2) is 0 Å². The molecule has 5 heteroatoms. The summed E-state index contributed by atoms with van der Waals surface area (Å²) in [7, 11) is 0. The maximum absolute atomic E-state index is 4.40. The summed E-state index contributed by atoms with van der Waals surface area (Å²) in [6.45, 7) is 16.9. The lowest BCUT2D eigenvalue weighted by Crippen LogP contribution is -2.56. The van der Waals surface area contributed by atoms with E-state index in [1.165, 1.54) is 19.3 Å². The molecule has 1 rings (SSSR count). The average molecular weight is 252 g/mol. The van der Waals surface area contributed by atoms with Crippen molar-refractivity contribution >= 4 is 6.98 Å². The van der Waals surface area contributed by atoms with Gasteiger partial charge in [0, 0.05) is 12.1 Å². The first kappa shape index (κ1) is 15.3. The summed E-state index contributed by atoms with van der Waals surface area (Å²) in [5, 5.41) is 8.93. The molecule has 0 atom stereocenters. The van der Waals surface area contributed by atoms with Crippen LogP contribution in [0.5, 0.6) is 0 Å². The van der Waals surface area contributed by atoms with E-state index in [1.807, 2.05) is 0 Å². The van der Waals surface area contributed by atoms with Crippen molar-refractivity contribution in [2.24, 2.45) is 10.4 Å². The Morgan fingerprint density at radius 2 is 1.56 bits per heavy atom. The van der Waals surface area contributed by atoms with Crippen LogP contribution < -0.4 is 0 Å². The molecule has 18 heavy (non-hydrogen) atoms. The zero-order valence-corrected chi connectivity index (χ0v) is 13.2. The number of rotatable bonds is 4. The lowest BCUT2D eigenvalue weighted by Gasteiger charge is -2.40. The highest BCUT2D eigenvalue weighted by atomic mass is 15.7. The van der Waals surface area contributed by atoms with Crippen LogP contribution in [0.4, 0.5) is 0 Å². The molecular formula is C13H29BN4. The first-order chi connectivity index (χ1) is 8.18. The monoisotopic (exact) mass is 252 g/mol. The molecule has 1 aliphatic rings. The van der Waals surface area contributed by atoms with E-state index >= 15 is 0 Å². The van der Waals surface area contributed by atoms with Crippen LogP contribution in [0.2, 0.25) is 5.31 Å². The van der Waals surface area contributed by atoms with Gasteiger partial charge >= 0.3 is 6.98 Å². The third-order valence-corrected chi connectivity index (χ3v) is 3.22. The highest BCUT2D eigenvalue weighted by Crippen LogP contribution is 2.38. The molecule has 0 fully saturated rings. The van der Waals surface area contributed by atoms with Gasteiger partial charge in [0.2, 0.25) is 0 Å². The van der Waals surface area contributed by atoms with Crippen molar-refractivity contribution in [3.63, 3.8) is 0 Å². The van der Waals surface area contributed by atoms with Crippen LogP contribution in [0.1, 0.15) is 67.7 Å². The smallest absolute Gasteiger partial charge is 0.294 e. The molecule has 0 bridgehead atoms. The van der Waals surface area contributed by atoms with Gasteiger partial charge in [-0.15, -0.1) is 0 Å². The summed E-state index contributed by atoms with van der Waals surface area (Å²) in [6.07, 6.45) is 3.70. The fourth-order valence-electron chi connectivity index (χ4n) is 2.32. The van der Waals surface area contributed by atoms with Crippen LogP contribution in [-0.4, -0.2) is 28.9 Å². The Bertz CT molecular complexity index is 290. The van der Waals surface area contributed by atoms with Crippen molar-refractivity contribution in [3.8, 4) is 0 Å². The summed E-state index contributed by atoms with van der Waals surface area (Å²) < 4.78 is 0. The predicted molar refractivity (Wildman–Crippen MR) is 78.1 cm³/mol. The zero-order valence-electron chi connectivity index (χ0n) is 13.2. The van der Waals surface area contributed by atoms with Gasteiger partial charge in [0.05, 0.1) is 0 Å². The minimum Gasteiger partial charge on any atom is -0.294 e. The molecule has 0 aromatic heterocycles. The molecule has 0 N–H and O–H groups in total. The molecule has 1 heterocycles. The number of nitrogens with zero attached hydrogens (tertiary/aromatic N) is 4. The summed E-state index contributed by atoms with van der Waals surface area (Å²) in [5.41, 5.74) is 0.0148. The Hall–Kier alpha value is -0.735. The third kappa shape index (κ3) is 3.63. The Balaban J connectivity index is 2.78. The second-order valence-corrected chi connectivity index (χ2v) is 7.30. The first-order valence-corrected chi connectivity index (χ1v) is 7.15. The molecule has 0 saturated heterocycles. The SMILES string of the molecule is CCCCCN1N=NN(C(C)(C)C)B1C(C)(C)C. The van der Waals surface area contributed by atoms with Gasteiger partial charge in [-0.3, -0.25) is 9.84 Å². The van der Waals surface area contributed by atoms with E-state index in [1.54, 1.807) is 0 Å². The molecule has 0 amide bonds. The summed E-state index contributed by atoms with van der Waals surface area (Å²) in [4.78, 5) is 4.32. The van der Waals surface area contributed by atoms with Crippen LogP contribution in [-0.2, 0) is 0 Å². The van der Waals surface area contributed by atoms with Crippen LogP contribution in [0.25, 0.3) is 0 Å². The Morgan fingerprint density at radius 1 is 0.944 bits per heavy atom. The molecule has 0 aliphatic carbocycles. The molecule has 0 aromatic carbocycles. The number of unbranched alkanes of at least 4 members (excludes halogenated alkanes) is 2. The highest BCUT2D eigenvalue weighted by Gasteiger charge is 2.48. The van der Waals surface area contributed by atoms with Crippen molar-refractivity contribution < 1.29 is 0 Å². The van der Waals surface area contributed by atoms with E-state index in [0.717, 1.165) is 6.54 Å². The summed E-state index contributed by atoms with van der Waals surface area (Å²) >= 11 is 0. The molecule has 0 radical (unpaired) electrons. The highest BCUT2D eigenvalue weighted by molar-refractivity contribution is 6.56. The zero-order chi connectivity index (χ0) is 14.0. The maximum atomic E-state index is 4.40. The van der Waals surface area contributed by atoms with E-state index in [-0.39, 0.29) is 17.8 Å². The van der Waals surface area contributed by atoms with Crippen LogP contribution >= 0.6 is 0 Å². The molecule has 0 spiro atoms. The molecule has 1 aliphatic heterocycles. The average Bonchev–Trinajstić information content (AvgIpc) is 2.60. The minimum absolute atomic E-state index is 0.0148.